The Hall–Kier alpha value is 0.630. The van der Waals surface area contributed by atoms with Gasteiger partial charge in [0.2, 0.25) is 0 Å². The van der Waals surface area contributed by atoms with E-state index < -0.39 is 0 Å². The first-order valence-corrected chi connectivity index (χ1v) is 11.5. The Morgan fingerprint density at radius 3 is 1.76 bits per heavy atom. The first kappa shape index (κ1) is 21.6. The maximum atomic E-state index is 12.9. The minimum atomic E-state index is -0.150. The predicted octanol–water partition coefficient (Wildman–Crippen LogP) is 7.67. The zero-order chi connectivity index (χ0) is 15.8. The zero-order valence-electron chi connectivity index (χ0n) is 14.5. The molecule has 0 amide bonds. The molecule has 0 rings (SSSR count). The molecule has 128 valence electrons. The molecule has 0 aromatic carbocycles. The third kappa shape index (κ3) is 12.8. The van der Waals surface area contributed by atoms with E-state index in [2.05, 4.69) is 20.8 Å². The molecule has 0 aromatic rings. The van der Waals surface area contributed by atoms with Crippen LogP contribution in [0.5, 0.6) is 0 Å². The van der Waals surface area contributed by atoms with Crippen LogP contribution in [0.25, 0.3) is 0 Å². The summed E-state index contributed by atoms with van der Waals surface area (Å²) in [6.45, 7) is 6.58. The van der Waals surface area contributed by atoms with E-state index in [0.717, 1.165) is 18.1 Å². The van der Waals surface area contributed by atoms with Gasteiger partial charge in [0.15, 0.2) is 0 Å². The van der Waals surface area contributed by atoms with Gasteiger partial charge in [-0.2, -0.15) is 0 Å². The van der Waals surface area contributed by atoms with Gasteiger partial charge in [-0.1, -0.05) is 93.7 Å². The number of hydrogen-bond donors (Lipinski definition) is 0. The number of unbranched alkanes of at least 4 members (excludes halogenated alkanes) is 6. The van der Waals surface area contributed by atoms with Crippen LogP contribution >= 0.6 is 21.6 Å². The second kappa shape index (κ2) is 17.0. The van der Waals surface area contributed by atoms with Crippen molar-refractivity contribution in [2.75, 3.05) is 12.4 Å². The molecular formula is C18H37FS2. The molecule has 0 bridgehead atoms. The van der Waals surface area contributed by atoms with Gasteiger partial charge in [-0.3, -0.25) is 4.39 Å². The van der Waals surface area contributed by atoms with Crippen LogP contribution in [0.2, 0.25) is 0 Å². The Morgan fingerprint density at radius 1 is 0.762 bits per heavy atom. The first-order chi connectivity index (χ1) is 10.3. The maximum Gasteiger partial charge on any atom is 0.0905 e. The highest BCUT2D eigenvalue weighted by molar-refractivity contribution is 8.76. The molecule has 0 aromatic heterocycles. The smallest absolute Gasteiger partial charge is 0.0905 e. The molecule has 0 saturated carbocycles. The molecule has 0 aliphatic heterocycles. The quantitative estimate of drug-likeness (QED) is 0.209. The lowest BCUT2D eigenvalue weighted by atomic mass is 9.90. The van der Waals surface area contributed by atoms with Crippen LogP contribution in [-0.4, -0.2) is 17.7 Å². The lowest BCUT2D eigenvalue weighted by molar-refractivity contribution is 0.359. The minimum Gasteiger partial charge on any atom is -0.251 e. The lowest BCUT2D eigenvalue weighted by Crippen LogP contribution is -2.18. The largest absolute Gasteiger partial charge is 0.251 e. The van der Waals surface area contributed by atoms with Gasteiger partial charge in [0, 0.05) is 11.0 Å². The SMILES string of the molecule is CCCCCCC(CCCCCC)[C@H](CCF)SSCC. The molecule has 1 atom stereocenters. The highest BCUT2D eigenvalue weighted by Crippen LogP contribution is 2.37. The summed E-state index contributed by atoms with van der Waals surface area (Å²) in [7, 11) is 3.88. The molecule has 0 nitrogen and oxygen atoms in total. The molecular weight excluding hydrogens is 299 g/mol. The van der Waals surface area contributed by atoms with E-state index in [0.29, 0.717) is 5.25 Å². The van der Waals surface area contributed by atoms with Crippen LogP contribution in [0, 0.1) is 5.92 Å². The van der Waals surface area contributed by atoms with E-state index >= 15 is 0 Å². The van der Waals surface area contributed by atoms with E-state index in [9.17, 15) is 4.39 Å². The topological polar surface area (TPSA) is 0 Å². The number of alkyl halides is 1. The molecule has 0 spiro atoms. The molecule has 21 heavy (non-hydrogen) atoms. The summed E-state index contributed by atoms with van der Waals surface area (Å²) in [5, 5.41) is 0.531. The molecule has 0 aliphatic carbocycles. The second-order valence-corrected chi connectivity index (χ2v) is 8.87. The zero-order valence-corrected chi connectivity index (χ0v) is 16.2. The summed E-state index contributed by atoms with van der Waals surface area (Å²) in [4.78, 5) is 0. The summed E-state index contributed by atoms with van der Waals surface area (Å²) in [6.07, 6.45) is 14.1. The highest BCUT2D eigenvalue weighted by atomic mass is 33.1. The molecule has 0 aliphatic rings. The second-order valence-electron chi connectivity index (χ2n) is 5.98. The Balaban J connectivity index is 4.25. The Bertz CT molecular complexity index is 188. The van der Waals surface area contributed by atoms with Gasteiger partial charge >= 0.3 is 0 Å². The van der Waals surface area contributed by atoms with Gasteiger partial charge in [0.25, 0.3) is 0 Å². The predicted molar refractivity (Wildman–Crippen MR) is 101 cm³/mol. The van der Waals surface area contributed by atoms with Crippen molar-refractivity contribution in [1.29, 1.82) is 0 Å². The average Bonchev–Trinajstić information content (AvgIpc) is 2.50. The summed E-state index contributed by atoms with van der Waals surface area (Å²) in [5.41, 5.74) is 0. The first-order valence-electron chi connectivity index (χ1n) is 9.14. The molecule has 0 unspecified atom stereocenters. The maximum absolute atomic E-state index is 12.9. The number of hydrogen-bond acceptors (Lipinski definition) is 2. The van der Waals surface area contributed by atoms with Crippen LogP contribution in [0.15, 0.2) is 0 Å². The summed E-state index contributed by atoms with van der Waals surface area (Å²) in [6, 6.07) is 0. The molecule has 3 heteroatoms. The summed E-state index contributed by atoms with van der Waals surface area (Å²) in [5.74, 6) is 1.87. The summed E-state index contributed by atoms with van der Waals surface area (Å²) >= 11 is 0. The van der Waals surface area contributed by atoms with Gasteiger partial charge in [0.05, 0.1) is 6.67 Å². The van der Waals surface area contributed by atoms with Crippen LogP contribution < -0.4 is 0 Å². The number of halogens is 1. The molecule has 0 saturated heterocycles. The van der Waals surface area contributed by atoms with E-state index in [1.807, 2.05) is 21.6 Å². The van der Waals surface area contributed by atoms with Crippen molar-refractivity contribution in [1.82, 2.24) is 0 Å². The molecule has 0 radical (unpaired) electrons. The van der Waals surface area contributed by atoms with Crippen molar-refractivity contribution in [2.45, 2.75) is 96.7 Å². The molecule has 0 heterocycles. The Morgan fingerprint density at radius 2 is 1.33 bits per heavy atom. The van der Waals surface area contributed by atoms with Crippen molar-refractivity contribution in [2.24, 2.45) is 5.92 Å². The minimum absolute atomic E-state index is 0.150. The number of rotatable bonds is 16. The van der Waals surface area contributed by atoms with Crippen LogP contribution in [0.4, 0.5) is 4.39 Å². The standard InChI is InChI=1S/C18H37FS2/c1-4-7-9-11-13-17(14-12-10-8-5-2)18(15-16-19)21-20-6-3/h17-18H,4-16H2,1-3H3/t18-/m0/s1. The molecule has 0 fully saturated rings. The fourth-order valence-electron chi connectivity index (χ4n) is 2.81. The Labute approximate surface area is 141 Å². The van der Waals surface area contributed by atoms with E-state index in [1.54, 1.807) is 0 Å². The van der Waals surface area contributed by atoms with Crippen molar-refractivity contribution in [3.8, 4) is 0 Å². The van der Waals surface area contributed by atoms with Gasteiger partial charge in [-0.25, -0.2) is 0 Å². The highest BCUT2D eigenvalue weighted by Gasteiger charge is 2.21. The Kier molecular flexibility index (Phi) is 17.5. The average molecular weight is 337 g/mol. The normalized spacial score (nSPS) is 13.0. The third-order valence-corrected chi connectivity index (χ3v) is 7.18. The molecule has 0 N–H and O–H groups in total. The van der Waals surface area contributed by atoms with Crippen LogP contribution in [-0.2, 0) is 0 Å². The lowest BCUT2D eigenvalue weighted by Gasteiger charge is -2.26. The van der Waals surface area contributed by atoms with Crippen LogP contribution in [0.1, 0.15) is 91.4 Å². The van der Waals surface area contributed by atoms with E-state index in [4.69, 9.17) is 0 Å². The van der Waals surface area contributed by atoms with Gasteiger partial charge in [0.1, 0.15) is 0 Å². The summed E-state index contributed by atoms with van der Waals surface area (Å²) < 4.78 is 12.9. The van der Waals surface area contributed by atoms with Gasteiger partial charge in [-0.15, -0.1) is 0 Å². The van der Waals surface area contributed by atoms with Crippen LogP contribution in [0.3, 0.4) is 0 Å². The van der Waals surface area contributed by atoms with Gasteiger partial charge in [-0.05, 0) is 25.2 Å². The van der Waals surface area contributed by atoms with Crippen molar-refractivity contribution < 1.29 is 4.39 Å². The van der Waals surface area contributed by atoms with E-state index in [1.165, 1.54) is 64.2 Å². The van der Waals surface area contributed by atoms with E-state index in [-0.39, 0.29) is 6.67 Å². The fraction of sp³-hybridized carbons (Fsp3) is 1.00. The fourth-order valence-corrected chi connectivity index (χ4v) is 5.43. The monoisotopic (exact) mass is 336 g/mol. The third-order valence-electron chi connectivity index (χ3n) is 4.09. The van der Waals surface area contributed by atoms with Gasteiger partial charge < -0.3 is 0 Å². The van der Waals surface area contributed by atoms with Crippen molar-refractivity contribution in [3.63, 3.8) is 0 Å². The van der Waals surface area contributed by atoms with Crippen molar-refractivity contribution >= 4 is 21.6 Å². The van der Waals surface area contributed by atoms with Crippen molar-refractivity contribution in [3.05, 3.63) is 0 Å².